The van der Waals surface area contributed by atoms with Crippen LogP contribution in [0.3, 0.4) is 0 Å². The summed E-state index contributed by atoms with van der Waals surface area (Å²) < 4.78 is 5.73. The molecule has 0 fully saturated rings. The SMILES string of the molecule is C=CCN1C(=O)c2ccc(C(=O)N3CC(C(=O)NC)Oc4ccccc43)cc2C1=O. The Bertz CT molecular complexity index is 1090. The van der Waals surface area contributed by atoms with Crippen molar-refractivity contribution in [3.63, 3.8) is 0 Å². The summed E-state index contributed by atoms with van der Waals surface area (Å²) in [6.45, 7) is 3.67. The Balaban J connectivity index is 1.70. The maximum absolute atomic E-state index is 13.3. The number of carbonyl (C=O) groups excluding carboxylic acids is 4. The molecule has 2 heterocycles. The van der Waals surface area contributed by atoms with E-state index in [1.54, 1.807) is 24.3 Å². The van der Waals surface area contributed by atoms with Crippen molar-refractivity contribution in [1.82, 2.24) is 10.2 Å². The van der Waals surface area contributed by atoms with Gasteiger partial charge in [-0.1, -0.05) is 18.2 Å². The number of para-hydroxylation sites is 2. The molecule has 1 atom stereocenters. The highest BCUT2D eigenvalue weighted by Gasteiger charge is 2.37. The van der Waals surface area contributed by atoms with Gasteiger partial charge in [-0.3, -0.25) is 24.1 Å². The van der Waals surface area contributed by atoms with Gasteiger partial charge in [0.05, 0.1) is 23.4 Å². The molecular weight excluding hydrogens is 386 g/mol. The summed E-state index contributed by atoms with van der Waals surface area (Å²) in [4.78, 5) is 53.0. The number of anilines is 1. The summed E-state index contributed by atoms with van der Waals surface area (Å²) >= 11 is 0. The number of hydrogen-bond acceptors (Lipinski definition) is 5. The predicted octanol–water partition coefficient (Wildman–Crippen LogP) is 1.62. The average molecular weight is 405 g/mol. The van der Waals surface area contributed by atoms with Crippen LogP contribution < -0.4 is 15.0 Å². The molecule has 152 valence electrons. The highest BCUT2D eigenvalue weighted by molar-refractivity contribution is 6.22. The smallest absolute Gasteiger partial charge is 0.262 e. The second-order valence-electron chi connectivity index (χ2n) is 6.87. The first-order valence-electron chi connectivity index (χ1n) is 9.36. The number of benzene rings is 2. The predicted molar refractivity (Wildman–Crippen MR) is 109 cm³/mol. The van der Waals surface area contributed by atoms with Gasteiger partial charge in [0.15, 0.2) is 6.10 Å². The van der Waals surface area contributed by atoms with Crippen LogP contribution >= 0.6 is 0 Å². The molecular formula is C22H19N3O5. The van der Waals surface area contributed by atoms with E-state index in [0.29, 0.717) is 11.4 Å². The molecule has 0 saturated carbocycles. The monoisotopic (exact) mass is 405 g/mol. The number of ether oxygens (including phenoxy) is 1. The van der Waals surface area contributed by atoms with Crippen LogP contribution in [-0.4, -0.2) is 54.8 Å². The Morgan fingerprint density at radius 2 is 1.90 bits per heavy atom. The average Bonchev–Trinajstić information content (AvgIpc) is 3.01. The molecule has 4 rings (SSSR count). The Kier molecular flexibility index (Phi) is 4.83. The van der Waals surface area contributed by atoms with Crippen molar-refractivity contribution in [2.75, 3.05) is 25.0 Å². The first-order valence-corrected chi connectivity index (χ1v) is 9.36. The number of rotatable bonds is 4. The molecule has 0 spiro atoms. The molecule has 1 N–H and O–H groups in total. The standard InChI is InChI=1S/C22H19N3O5/c1-3-10-24-21(28)14-9-8-13(11-15(14)22(24)29)20(27)25-12-18(19(26)23-2)30-17-7-5-4-6-16(17)25/h3-9,11,18H,1,10,12H2,2H3,(H,23,26). The van der Waals surface area contributed by atoms with E-state index in [-0.39, 0.29) is 35.7 Å². The zero-order valence-electron chi connectivity index (χ0n) is 16.3. The van der Waals surface area contributed by atoms with Gasteiger partial charge in [0, 0.05) is 19.2 Å². The molecule has 2 aliphatic rings. The molecule has 0 bridgehead atoms. The number of nitrogens with one attached hydrogen (secondary N) is 1. The number of hydrogen-bond donors (Lipinski definition) is 1. The molecule has 1 unspecified atom stereocenters. The fourth-order valence-corrected chi connectivity index (χ4v) is 3.60. The third kappa shape index (κ3) is 3.02. The molecule has 0 radical (unpaired) electrons. The van der Waals surface area contributed by atoms with Gasteiger partial charge in [-0.25, -0.2) is 0 Å². The van der Waals surface area contributed by atoms with Crippen molar-refractivity contribution in [3.05, 3.63) is 71.8 Å². The maximum Gasteiger partial charge on any atom is 0.262 e. The topological polar surface area (TPSA) is 96.0 Å². The molecule has 8 heteroatoms. The van der Waals surface area contributed by atoms with Gasteiger partial charge in [-0.05, 0) is 30.3 Å². The maximum atomic E-state index is 13.3. The molecule has 2 aromatic rings. The van der Waals surface area contributed by atoms with Gasteiger partial charge in [-0.15, -0.1) is 6.58 Å². The van der Waals surface area contributed by atoms with E-state index in [9.17, 15) is 19.2 Å². The summed E-state index contributed by atoms with van der Waals surface area (Å²) in [5.74, 6) is -1.21. The van der Waals surface area contributed by atoms with Crippen molar-refractivity contribution in [1.29, 1.82) is 0 Å². The van der Waals surface area contributed by atoms with E-state index in [4.69, 9.17) is 4.74 Å². The Hall–Kier alpha value is -3.94. The second-order valence-corrected chi connectivity index (χ2v) is 6.87. The zero-order valence-corrected chi connectivity index (χ0v) is 16.3. The minimum Gasteiger partial charge on any atom is -0.477 e. The quantitative estimate of drug-likeness (QED) is 0.616. The first kappa shape index (κ1) is 19.4. The molecule has 30 heavy (non-hydrogen) atoms. The number of fused-ring (bicyclic) bond motifs is 2. The lowest BCUT2D eigenvalue weighted by atomic mass is 10.0. The Morgan fingerprint density at radius 3 is 2.63 bits per heavy atom. The fraction of sp³-hybridized carbons (Fsp3) is 0.182. The normalized spacial score (nSPS) is 17.2. The lowest BCUT2D eigenvalue weighted by Crippen LogP contribution is -2.50. The van der Waals surface area contributed by atoms with Gasteiger partial charge in [-0.2, -0.15) is 0 Å². The van der Waals surface area contributed by atoms with Crippen molar-refractivity contribution < 1.29 is 23.9 Å². The molecule has 4 amide bonds. The number of amides is 4. The third-order valence-corrected chi connectivity index (χ3v) is 5.09. The highest BCUT2D eigenvalue weighted by atomic mass is 16.5. The summed E-state index contributed by atoms with van der Waals surface area (Å²) in [5, 5.41) is 2.53. The summed E-state index contributed by atoms with van der Waals surface area (Å²) in [5.41, 5.74) is 1.20. The molecule has 0 aromatic heterocycles. The van der Waals surface area contributed by atoms with Crippen LogP contribution in [0.25, 0.3) is 0 Å². The van der Waals surface area contributed by atoms with E-state index in [1.807, 2.05) is 0 Å². The van der Waals surface area contributed by atoms with Crippen LogP contribution in [0.4, 0.5) is 5.69 Å². The lowest BCUT2D eigenvalue weighted by molar-refractivity contribution is -0.127. The summed E-state index contributed by atoms with van der Waals surface area (Å²) in [6.07, 6.45) is 0.603. The van der Waals surface area contributed by atoms with Crippen LogP contribution in [0.1, 0.15) is 31.1 Å². The minimum absolute atomic E-state index is 0.0159. The van der Waals surface area contributed by atoms with Crippen LogP contribution in [0.2, 0.25) is 0 Å². The van der Waals surface area contributed by atoms with Crippen LogP contribution in [-0.2, 0) is 4.79 Å². The van der Waals surface area contributed by atoms with Gasteiger partial charge < -0.3 is 15.0 Å². The first-order chi connectivity index (χ1) is 14.5. The number of imide groups is 1. The third-order valence-electron chi connectivity index (χ3n) is 5.09. The van der Waals surface area contributed by atoms with Crippen molar-refractivity contribution in [2.24, 2.45) is 0 Å². The lowest BCUT2D eigenvalue weighted by Gasteiger charge is -2.34. The largest absolute Gasteiger partial charge is 0.477 e. The highest BCUT2D eigenvalue weighted by Crippen LogP contribution is 2.34. The summed E-state index contributed by atoms with van der Waals surface area (Å²) in [6, 6.07) is 11.3. The van der Waals surface area contributed by atoms with Gasteiger partial charge in [0.2, 0.25) is 0 Å². The van der Waals surface area contributed by atoms with E-state index >= 15 is 0 Å². The van der Waals surface area contributed by atoms with Crippen molar-refractivity contribution in [3.8, 4) is 5.75 Å². The van der Waals surface area contributed by atoms with Crippen LogP contribution in [0.15, 0.2) is 55.1 Å². The van der Waals surface area contributed by atoms with E-state index in [2.05, 4.69) is 11.9 Å². The Morgan fingerprint density at radius 1 is 1.17 bits per heavy atom. The van der Waals surface area contributed by atoms with Gasteiger partial charge in [0.25, 0.3) is 23.6 Å². The number of nitrogens with zero attached hydrogens (tertiary/aromatic N) is 2. The molecule has 2 aliphatic heterocycles. The van der Waals surface area contributed by atoms with Gasteiger partial charge >= 0.3 is 0 Å². The number of carbonyl (C=O) groups is 4. The zero-order chi connectivity index (χ0) is 21.4. The molecule has 8 nitrogen and oxygen atoms in total. The van der Waals surface area contributed by atoms with E-state index in [1.165, 1.54) is 36.2 Å². The second kappa shape index (κ2) is 7.47. The van der Waals surface area contributed by atoms with E-state index < -0.39 is 23.8 Å². The molecule has 0 saturated heterocycles. The van der Waals surface area contributed by atoms with Crippen molar-refractivity contribution >= 4 is 29.3 Å². The molecule has 0 aliphatic carbocycles. The van der Waals surface area contributed by atoms with Crippen LogP contribution in [0, 0.1) is 0 Å². The molecule has 2 aromatic carbocycles. The number of likely N-dealkylation sites (N-methyl/N-ethyl adjacent to an activating group) is 1. The Labute approximate surface area is 172 Å². The fourth-order valence-electron chi connectivity index (χ4n) is 3.60. The summed E-state index contributed by atoms with van der Waals surface area (Å²) in [7, 11) is 1.50. The van der Waals surface area contributed by atoms with E-state index in [0.717, 1.165) is 4.90 Å². The van der Waals surface area contributed by atoms with Gasteiger partial charge in [0.1, 0.15) is 5.75 Å². The minimum atomic E-state index is -0.866. The van der Waals surface area contributed by atoms with Crippen molar-refractivity contribution in [2.45, 2.75) is 6.10 Å². The van der Waals surface area contributed by atoms with Crippen LogP contribution in [0.5, 0.6) is 5.75 Å².